The lowest BCUT2D eigenvalue weighted by atomic mass is 10.0. The van der Waals surface area contributed by atoms with Gasteiger partial charge < -0.3 is 23.6 Å². The number of rotatable bonds is 9. The number of carbonyl (C=O) groups is 1. The van der Waals surface area contributed by atoms with Gasteiger partial charge in [-0.05, 0) is 13.0 Å². The van der Waals surface area contributed by atoms with E-state index in [2.05, 4.69) is 14.9 Å². The molecule has 0 unspecified atom stereocenters. The minimum absolute atomic E-state index is 0.197. The topological polar surface area (TPSA) is 84.2 Å². The van der Waals surface area contributed by atoms with Gasteiger partial charge in [-0.25, -0.2) is 9.78 Å². The van der Waals surface area contributed by atoms with E-state index in [1.54, 1.807) is 7.11 Å². The van der Waals surface area contributed by atoms with Gasteiger partial charge in [-0.1, -0.05) is 18.2 Å². The van der Waals surface area contributed by atoms with Crippen LogP contribution in [-0.2, 0) is 30.9 Å². The molecule has 0 fully saturated rings. The fourth-order valence-corrected chi connectivity index (χ4v) is 2.34. The van der Waals surface area contributed by atoms with E-state index in [0.717, 1.165) is 11.5 Å². The summed E-state index contributed by atoms with van der Waals surface area (Å²) >= 11 is 0. The van der Waals surface area contributed by atoms with Crippen LogP contribution in [0.3, 0.4) is 0 Å². The Morgan fingerprint density at radius 3 is 2.50 bits per heavy atom. The van der Waals surface area contributed by atoms with Gasteiger partial charge in [0.05, 0.1) is 26.4 Å². The number of ether oxygens (including phenoxy) is 3. The molecule has 8 nitrogen and oxygen atoms in total. The van der Waals surface area contributed by atoms with E-state index >= 15 is 0 Å². The highest BCUT2D eigenvalue weighted by atomic mass is 16.6. The first-order valence-electron chi connectivity index (χ1n) is 8.03. The van der Waals surface area contributed by atoms with Crippen molar-refractivity contribution in [1.29, 1.82) is 0 Å². The lowest BCUT2D eigenvalue weighted by Gasteiger charge is -2.21. The summed E-state index contributed by atoms with van der Waals surface area (Å²) in [6.45, 7) is 3.72. The molecule has 1 rings (SSSR count). The van der Waals surface area contributed by atoms with Gasteiger partial charge in [0.25, 0.3) is 0 Å². The van der Waals surface area contributed by atoms with Crippen molar-refractivity contribution in [2.75, 3.05) is 28.4 Å². The predicted molar refractivity (Wildman–Crippen MR) is 98.5 cm³/mol. The molecule has 26 heavy (non-hydrogen) atoms. The van der Waals surface area contributed by atoms with Gasteiger partial charge in [0.2, 0.25) is 0 Å². The molecule has 0 aliphatic heterocycles. The average Bonchev–Trinajstić information content (AvgIpc) is 3.00. The van der Waals surface area contributed by atoms with Crippen molar-refractivity contribution in [1.82, 2.24) is 9.55 Å². The van der Waals surface area contributed by atoms with Crippen molar-refractivity contribution < 1.29 is 23.8 Å². The van der Waals surface area contributed by atoms with E-state index in [1.807, 2.05) is 43.8 Å². The Hall–Kier alpha value is -2.61. The summed E-state index contributed by atoms with van der Waals surface area (Å²) in [6.07, 6.45) is 6.57. The average molecular weight is 365 g/mol. The number of nitrogens with zero attached hydrogens (tertiary/aromatic N) is 3. The molecule has 1 aromatic rings. The van der Waals surface area contributed by atoms with Crippen molar-refractivity contribution in [3.05, 3.63) is 35.6 Å². The Balaban J connectivity index is 3.01. The molecule has 0 spiro atoms. The fraction of sp³-hybridized carbons (Fsp3) is 0.500. The number of oxime groups is 1. The number of imidazole rings is 1. The van der Waals surface area contributed by atoms with Gasteiger partial charge >= 0.3 is 5.97 Å². The zero-order valence-corrected chi connectivity index (χ0v) is 16.3. The van der Waals surface area contributed by atoms with Crippen LogP contribution in [0.15, 0.2) is 29.3 Å². The normalized spacial score (nSPS) is 15.0. The van der Waals surface area contributed by atoms with Gasteiger partial charge in [0.15, 0.2) is 0 Å². The molecule has 1 aromatic heterocycles. The summed E-state index contributed by atoms with van der Waals surface area (Å²) in [5.41, 5.74) is 1.40. The van der Waals surface area contributed by atoms with Gasteiger partial charge in [0.1, 0.15) is 30.1 Å². The number of aromatic nitrogens is 2. The summed E-state index contributed by atoms with van der Waals surface area (Å²) in [4.78, 5) is 20.8. The number of carbonyl (C=O) groups excluding carboxylic acids is 1. The molecule has 0 radical (unpaired) electrons. The van der Waals surface area contributed by atoms with Crippen LogP contribution in [0, 0.1) is 5.92 Å². The third-order valence-corrected chi connectivity index (χ3v) is 3.86. The van der Waals surface area contributed by atoms with Crippen LogP contribution < -0.4 is 0 Å². The van der Waals surface area contributed by atoms with Crippen LogP contribution in [-0.4, -0.2) is 55.8 Å². The van der Waals surface area contributed by atoms with E-state index in [0.29, 0.717) is 11.5 Å². The van der Waals surface area contributed by atoms with E-state index in [9.17, 15) is 4.79 Å². The molecule has 0 aromatic carbocycles. The minimum Gasteiger partial charge on any atom is -0.500 e. The molecular formula is C18H27N3O5. The predicted octanol–water partition coefficient (Wildman–Crippen LogP) is 2.16. The summed E-state index contributed by atoms with van der Waals surface area (Å²) in [6, 6.07) is 0. The first-order chi connectivity index (χ1) is 12.4. The maximum atomic E-state index is 11.5. The molecule has 0 saturated carbocycles. The second-order valence-electron chi connectivity index (χ2n) is 5.58. The van der Waals surface area contributed by atoms with E-state index in [4.69, 9.17) is 14.3 Å². The van der Waals surface area contributed by atoms with Gasteiger partial charge in [-0.3, -0.25) is 0 Å². The highest BCUT2D eigenvalue weighted by Crippen LogP contribution is 2.20. The second kappa shape index (κ2) is 10.4. The molecule has 8 heteroatoms. The van der Waals surface area contributed by atoms with Crippen molar-refractivity contribution in [3.8, 4) is 0 Å². The molecule has 0 bridgehead atoms. The van der Waals surface area contributed by atoms with Crippen LogP contribution >= 0.6 is 0 Å². The van der Waals surface area contributed by atoms with Crippen LogP contribution in [0.1, 0.15) is 25.4 Å². The van der Waals surface area contributed by atoms with Crippen LogP contribution in [0.2, 0.25) is 0 Å². The second-order valence-corrected chi connectivity index (χ2v) is 5.58. The summed E-state index contributed by atoms with van der Waals surface area (Å²) in [5.74, 6) is 0.527. The maximum absolute atomic E-state index is 11.5. The van der Waals surface area contributed by atoms with Crippen LogP contribution in [0.4, 0.5) is 0 Å². The van der Waals surface area contributed by atoms with E-state index in [1.165, 1.54) is 27.4 Å². The SMILES string of the molecule is CO/N=C(/C)c1cn(C)c(/C=C/[C@H](OC)[C@@H](C)/C(=C\C(=O)OC)OC)n1. The Morgan fingerprint density at radius 1 is 1.27 bits per heavy atom. The molecule has 144 valence electrons. The number of esters is 1. The number of hydrogen-bond acceptors (Lipinski definition) is 7. The zero-order chi connectivity index (χ0) is 19.7. The van der Waals surface area contributed by atoms with Crippen molar-refractivity contribution in [2.24, 2.45) is 18.1 Å². The van der Waals surface area contributed by atoms with Gasteiger partial charge in [-0.15, -0.1) is 0 Å². The minimum atomic E-state index is -0.478. The Morgan fingerprint density at radius 2 is 1.96 bits per heavy atom. The summed E-state index contributed by atoms with van der Waals surface area (Å²) in [7, 11) is 7.80. The Labute approximate surface area is 154 Å². The summed E-state index contributed by atoms with van der Waals surface area (Å²) < 4.78 is 17.3. The smallest absolute Gasteiger partial charge is 0.333 e. The standard InChI is InChI=1S/C18H27N3O5/c1-12(16(24-5)10-18(22)25-6)15(23-4)8-9-17-19-14(11-21(17)3)13(2)20-26-7/h8-12,15H,1-7H3/b9-8+,16-10+,20-13-/t12-,15+/m1/s1. The lowest BCUT2D eigenvalue weighted by molar-refractivity contribution is -0.135. The molecule has 1 heterocycles. The van der Waals surface area contributed by atoms with E-state index in [-0.39, 0.29) is 12.0 Å². The van der Waals surface area contributed by atoms with Crippen molar-refractivity contribution >= 4 is 17.8 Å². The first kappa shape index (κ1) is 21.4. The third kappa shape index (κ3) is 5.73. The largest absolute Gasteiger partial charge is 0.500 e. The fourth-order valence-electron chi connectivity index (χ4n) is 2.34. The molecule has 0 saturated heterocycles. The lowest BCUT2D eigenvalue weighted by Crippen LogP contribution is -2.21. The molecular weight excluding hydrogens is 338 g/mol. The van der Waals surface area contributed by atoms with Crippen LogP contribution in [0.5, 0.6) is 0 Å². The number of methoxy groups -OCH3 is 3. The van der Waals surface area contributed by atoms with Crippen molar-refractivity contribution in [2.45, 2.75) is 20.0 Å². The quantitative estimate of drug-likeness (QED) is 0.219. The van der Waals surface area contributed by atoms with E-state index < -0.39 is 5.97 Å². The molecule has 2 atom stereocenters. The van der Waals surface area contributed by atoms with Gasteiger partial charge in [-0.2, -0.15) is 0 Å². The number of hydrogen-bond donors (Lipinski definition) is 0. The molecule has 0 N–H and O–H groups in total. The molecule has 0 aliphatic rings. The first-order valence-corrected chi connectivity index (χ1v) is 8.03. The highest BCUT2D eigenvalue weighted by Gasteiger charge is 2.21. The highest BCUT2D eigenvalue weighted by molar-refractivity contribution is 5.96. The monoisotopic (exact) mass is 365 g/mol. The van der Waals surface area contributed by atoms with Crippen LogP contribution in [0.25, 0.3) is 6.08 Å². The molecule has 0 aliphatic carbocycles. The third-order valence-electron chi connectivity index (χ3n) is 3.86. The van der Waals surface area contributed by atoms with Crippen molar-refractivity contribution in [3.63, 3.8) is 0 Å². The van der Waals surface area contributed by atoms with Gasteiger partial charge in [0, 0.05) is 26.3 Å². The molecule has 0 amide bonds. The number of aryl methyl sites for hydroxylation is 1. The summed E-state index contributed by atoms with van der Waals surface area (Å²) in [5, 5.41) is 3.88. The zero-order valence-electron chi connectivity index (χ0n) is 16.3. The Kier molecular flexibility index (Phi) is 8.57. The maximum Gasteiger partial charge on any atom is 0.333 e. The Bertz CT molecular complexity index is 691.